The van der Waals surface area contributed by atoms with Crippen LogP contribution in [-0.4, -0.2) is 100 Å². The summed E-state index contributed by atoms with van der Waals surface area (Å²) < 4.78 is 10.6. The molecule has 0 unspecified atom stereocenters. The topological polar surface area (TPSA) is 83.1 Å². The number of carbonyl (C=O) groups excluding carboxylic acids is 2. The monoisotopic (exact) mass is 458 g/mol. The van der Waals surface area contributed by atoms with Gasteiger partial charge in [0.1, 0.15) is 0 Å². The van der Waals surface area contributed by atoms with E-state index in [1.54, 1.807) is 0 Å². The van der Waals surface area contributed by atoms with Crippen LogP contribution in [0.4, 0.5) is 0 Å². The quantitative estimate of drug-likeness (QED) is 0.607. The van der Waals surface area contributed by atoms with E-state index in [4.69, 9.17) is 32.7 Å². The molecule has 2 N–H and O–H groups in total. The molecule has 0 saturated carbocycles. The van der Waals surface area contributed by atoms with Crippen molar-refractivity contribution in [3.8, 4) is 0 Å². The molecule has 0 aliphatic carbocycles. The minimum atomic E-state index is -0.347. The van der Waals surface area contributed by atoms with Crippen molar-refractivity contribution < 1.29 is 19.1 Å². The highest BCUT2D eigenvalue weighted by Crippen LogP contribution is 2.26. The highest BCUT2D eigenvalue weighted by Gasteiger charge is 2.20. The number of carbonyl (C=O) groups is 2. The van der Waals surface area contributed by atoms with Crippen LogP contribution >= 0.6 is 23.2 Å². The third kappa shape index (κ3) is 6.80. The summed E-state index contributed by atoms with van der Waals surface area (Å²) >= 11 is 12.2. The van der Waals surface area contributed by atoms with Crippen LogP contribution in [0.5, 0.6) is 0 Å². The van der Waals surface area contributed by atoms with Gasteiger partial charge in [-0.05, 0) is 12.1 Å². The van der Waals surface area contributed by atoms with E-state index in [-0.39, 0.29) is 33.0 Å². The summed E-state index contributed by atoms with van der Waals surface area (Å²) in [6.07, 6.45) is 0. The molecule has 2 amide bonds. The van der Waals surface area contributed by atoms with Crippen LogP contribution in [0.2, 0.25) is 10.0 Å². The zero-order valence-corrected chi connectivity index (χ0v) is 18.4. The molecule has 8 nitrogen and oxygen atoms in total. The van der Waals surface area contributed by atoms with Crippen molar-refractivity contribution in [3.63, 3.8) is 0 Å². The van der Waals surface area contributed by atoms with Crippen molar-refractivity contribution in [3.05, 3.63) is 33.3 Å². The lowest BCUT2D eigenvalue weighted by atomic mass is 10.1. The Hall–Kier alpha value is -1.42. The van der Waals surface area contributed by atoms with E-state index in [0.29, 0.717) is 39.5 Å². The van der Waals surface area contributed by atoms with Crippen molar-refractivity contribution in [2.45, 2.75) is 0 Å². The number of morpholine rings is 2. The first kappa shape index (κ1) is 23.2. The molecule has 0 spiro atoms. The van der Waals surface area contributed by atoms with Crippen LogP contribution in [0.1, 0.15) is 20.7 Å². The van der Waals surface area contributed by atoms with Crippen LogP contribution in [0.3, 0.4) is 0 Å². The molecule has 3 rings (SSSR count). The van der Waals surface area contributed by atoms with Gasteiger partial charge in [0.05, 0.1) is 47.6 Å². The van der Waals surface area contributed by atoms with E-state index >= 15 is 0 Å². The van der Waals surface area contributed by atoms with E-state index < -0.39 is 0 Å². The molecule has 30 heavy (non-hydrogen) atoms. The molecule has 0 aromatic heterocycles. The van der Waals surface area contributed by atoms with E-state index in [1.165, 1.54) is 12.1 Å². The van der Waals surface area contributed by atoms with Crippen molar-refractivity contribution in [1.82, 2.24) is 20.4 Å². The Balaban J connectivity index is 1.56. The van der Waals surface area contributed by atoms with Crippen LogP contribution < -0.4 is 10.6 Å². The standard InChI is InChI=1S/C20H28Cl2N4O4/c21-17-13-15(19(27)23-1-3-25-5-9-29-10-6-25)16(14-18(17)22)20(28)24-2-4-26-7-11-30-12-8-26/h13-14H,1-12H2,(H,23,27)(H,24,28). The Morgan fingerprint density at radius 1 is 0.767 bits per heavy atom. The van der Waals surface area contributed by atoms with Gasteiger partial charge in [0, 0.05) is 52.4 Å². The highest BCUT2D eigenvalue weighted by atomic mass is 35.5. The first-order chi connectivity index (χ1) is 14.5. The summed E-state index contributed by atoms with van der Waals surface area (Å²) in [5.74, 6) is -0.694. The second-order valence-corrected chi connectivity index (χ2v) is 8.05. The minimum absolute atomic E-state index is 0.218. The number of rotatable bonds is 8. The Kier molecular flexibility index (Phi) is 9.17. The van der Waals surface area contributed by atoms with Crippen molar-refractivity contribution >= 4 is 35.0 Å². The van der Waals surface area contributed by atoms with Crippen LogP contribution in [0.15, 0.2) is 12.1 Å². The summed E-state index contributed by atoms with van der Waals surface area (Å²) in [6.45, 7) is 8.58. The number of hydrogen-bond acceptors (Lipinski definition) is 6. The minimum Gasteiger partial charge on any atom is -0.379 e. The molecule has 0 bridgehead atoms. The van der Waals surface area contributed by atoms with Crippen LogP contribution in [0, 0.1) is 0 Å². The van der Waals surface area contributed by atoms with Gasteiger partial charge in [0.2, 0.25) is 0 Å². The van der Waals surface area contributed by atoms with Gasteiger partial charge in [-0.1, -0.05) is 23.2 Å². The average Bonchev–Trinajstić information content (AvgIpc) is 2.76. The Morgan fingerprint density at radius 2 is 1.13 bits per heavy atom. The fourth-order valence-electron chi connectivity index (χ4n) is 3.42. The molecule has 2 aliphatic rings. The van der Waals surface area contributed by atoms with Gasteiger partial charge in [-0.25, -0.2) is 0 Å². The number of amides is 2. The number of ether oxygens (including phenoxy) is 2. The molecule has 1 aromatic rings. The fourth-order valence-corrected chi connectivity index (χ4v) is 3.74. The summed E-state index contributed by atoms with van der Waals surface area (Å²) in [7, 11) is 0. The van der Waals surface area contributed by atoms with Gasteiger partial charge in [0.25, 0.3) is 11.8 Å². The van der Waals surface area contributed by atoms with E-state index in [9.17, 15) is 9.59 Å². The second-order valence-electron chi connectivity index (χ2n) is 7.23. The lowest BCUT2D eigenvalue weighted by Crippen LogP contribution is -2.42. The van der Waals surface area contributed by atoms with Gasteiger partial charge in [-0.15, -0.1) is 0 Å². The Morgan fingerprint density at radius 3 is 1.50 bits per heavy atom. The normalized spacial score (nSPS) is 18.2. The SMILES string of the molecule is O=C(NCCN1CCOCC1)c1cc(Cl)c(Cl)cc1C(=O)NCCN1CCOCC1. The molecule has 2 heterocycles. The molecule has 2 aliphatic heterocycles. The van der Waals surface area contributed by atoms with E-state index in [1.807, 2.05) is 0 Å². The maximum absolute atomic E-state index is 12.7. The molecular formula is C20H28Cl2N4O4. The second kappa shape index (κ2) is 11.8. The lowest BCUT2D eigenvalue weighted by molar-refractivity contribution is 0.0381. The Labute approximate surface area is 186 Å². The van der Waals surface area contributed by atoms with Gasteiger partial charge >= 0.3 is 0 Å². The zero-order chi connectivity index (χ0) is 21.3. The molecule has 2 saturated heterocycles. The smallest absolute Gasteiger partial charge is 0.252 e. The van der Waals surface area contributed by atoms with Crippen LogP contribution in [0.25, 0.3) is 0 Å². The molecule has 0 radical (unpaired) electrons. The van der Waals surface area contributed by atoms with Crippen molar-refractivity contribution in [1.29, 1.82) is 0 Å². The molecule has 1 aromatic carbocycles. The molecule has 2 fully saturated rings. The zero-order valence-electron chi connectivity index (χ0n) is 16.9. The molecular weight excluding hydrogens is 431 g/mol. The highest BCUT2D eigenvalue weighted by molar-refractivity contribution is 6.42. The predicted molar refractivity (Wildman–Crippen MR) is 116 cm³/mol. The summed E-state index contributed by atoms with van der Waals surface area (Å²) in [4.78, 5) is 29.9. The first-order valence-corrected chi connectivity index (χ1v) is 11.0. The van der Waals surface area contributed by atoms with Gasteiger partial charge in [0.15, 0.2) is 0 Å². The third-order valence-corrected chi connectivity index (χ3v) is 5.91. The molecule has 10 heteroatoms. The summed E-state index contributed by atoms with van der Waals surface area (Å²) in [5.41, 5.74) is 0.436. The lowest BCUT2D eigenvalue weighted by Gasteiger charge is -2.26. The number of hydrogen-bond donors (Lipinski definition) is 2. The largest absolute Gasteiger partial charge is 0.379 e. The van der Waals surface area contributed by atoms with Gasteiger partial charge < -0.3 is 20.1 Å². The summed E-state index contributed by atoms with van der Waals surface area (Å²) in [6, 6.07) is 2.90. The fraction of sp³-hybridized carbons (Fsp3) is 0.600. The van der Waals surface area contributed by atoms with Crippen molar-refractivity contribution in [2.24, 2.45) is 0 Å². The number of nitrogens with zero attached hydrogens (tertiary/aromatic N) is 2. The first-order valence-electron chi connectivity index (χ1n) is 10.2. The maximum atomic E-state index is 12.7. The van der Waals surface area contributed by atoms with Crippen LogP contribution in [-0.2, 0) is 9.47 Å². The average molecular weight is 459 g/mol. The van der Waals surface area contributed by atoms with Crippen molar-refractivity contribution in [2.75, 3.05) is 78.8 Å². The van der Waals surface area contributed by atoms with Gasteiger partial charge in [-0.3, -0.25) is 19.4 Å². The number of nitrogens with one attached hydrogen (secondary N) is 2. The maximum Gasteiger partial charge on any atom is 0.252 e. The summed E-state index contributed by atoms with van der Waals surface area (Å²) in [5, 5.41) is 6.21. The van der Waals surface area contributed by atoms with Gasteiger partial charge in [-0.2, -0.15) is 0 Å². The number of halogens is 2. The molecule has 0 atom stereocenters. The third-order valence-electron chi connectivity index (χ3n) is 5.18. The van der Waals surface area contributed by atoms with E-state index in [2.05, 4.69) is 20.4 Å². The number of benzene rings is 1. The van der Waals surface area contributed by atoms with E-state index in [0.717, 1.165) is 39.3 Å². The molecule has 166 valence electrons. The predicted octanol–water partition coefficient (Wildman–Crippen LogP) is 1.12. The Bertz CT molecular complexity index is 677.